The lowest BCUT2D eigenvalue weighted by Crippen LogP contribution is -2.46. The minimum atomic E-state index is -0.334. The Morgan fingerprint density at radius 1 is 1.38 bits per heavy atom. The van der Waals surface area contributed by atoms with Gasteiger partial charge in [-0.3, -0.25) is 14.6 Å². The topological polar surface area (TPSA) is 53.5 Å². The number of carbonyl (C=O) groups excluding carboxylic acids is 2. The third-order valence-corrected chi connectivity index (χ3v) is 5.16. The highest BCUT2D eigenvalue weighted by atomic mass is 32.1. The summed E-state index contributed by atoms with van der Waals surface area (Å²) in [6.45, 7) is 1.18. The predicted octanol–water partition coefficient (Wildman–Crippen LogP) is 2.34. The molecule has 0 aliphatic carbocycles. The summed E-state index contributed by atoms with van der Waals surface area (Å²) in [6.07, 6.45) is 5.49. The van der Waals surface area contributed by atoms with Crippen LogP contribution in [-0.2, 0) is 22.6 Å². The molecule has 1 aliphatic rings. The molecular formula is C18H21N3O2S. The molecule has 24 heavy (non-hydrogen) atoms. The van der Waals surface area contributed by atoms with Crippen molar-refractivity contribution in [1.82, 2.24) is 14.8 Å². The van der Waals surface area contributed by atoms with Crippen molar-refractivity contribution in [1.29, 1.82) is 0 Å². The number of hydrogen-bond acceptors (Lipinski definition) is 4. The van der Waals surface area contributed by atoms with E-state index in [1.165, 1.54) is 0 Å². The molecule has 1 aliphatic heterocycles. The molecule has 3 heterocycles. The highest BCUT2D eigenvalue weighted by Crippen LogP contribution is 2.22. The van der Waals surface area contributed by atoms with E-state index in [2.05, 4.69) is 4.98 Å². The Morgan fingerprint density at radius 2 is 2.25 bits per heavy atom. The third kappa shape index (κ3) is 3.82. The number of likely N-dealkylation sites (N-methyl/N-ethyl adjacent to an activating group) is 1. The van der Waals surface area contributed by atoms with Crippen LogP contribution in [0.1, 0.15) is 23.3 Å². The van der Waals surface area contributed by atoms with E-state index in [4.69, 9.17) is 0 Å². The molecule has 126 valence electrons. The summed E-state index contributed by atoms with van der Waals surface area (Å²) < 4.78 is 0. The first-order chi connectivity index (χ1) is 11.6. The second-order valence-corrected chi connectivity index (χ2v) is 7.09. The molecule has 6 heteroatoms. The molecule has 0 saturated carbocycles. The van der Waals surface area contributed by atoms with E-state index in [0.717, 1.165) is 23.3 Å². The quantitative estimate of drug-likeness (QED) is 0.837. The Hall–Kier alpha value is -2.21. The van der Waals surface area contributed by atoms with Gasteiger partial charge < -0.3 is 9.80 Å². The Kier molecular flexibility index (Phi) is 5.25. The van der Waals surface area contributed by atoms with Crippen LogP contribution in [0.25, 0.3) is 0 Å². The molecule has 0 aromatic carbocycles. The van der Waals surface area contributed by atoms with Crippen molar-refractivity contribution in [3.8, 4) is 0 Å². The van der Waals surface area contributed by atoms with Crippen LogP contribution >= 0.6 is 11.3 Å². The lowest BCUT2D eigenvalue weighted by Gasteiger charge is -2.28. The van der Waals surface area contributed by atoms with Crippen molar-refractivity contribution < 1.29 is 9.59 Å². The molecule has 0 N–H and O–H groups in total. The molecule has 1 fully saturated rings. The van der Waals surface area contributed by atoms with Crippen molar-refractivity contribution in [3.05, 3.63) is 52.5 Å². The maximum atomic E-state index is 12.8. The fraction of sp³-hybridized carbons (Fsp3) is 0.389. The van der Waals surface area contributed by atoms with Crippen LogP contribution in [0.2, 0.25) is 0 Å². The van der Waals surface area contributed by atoms with Crippen molar-refractivity contribution in [3.63, 3.8) is 0 Å². The smallest absolute Gasteiger partial charge is 0.245 e. The van der Waals surface area contributed by atoms with Crippen LogP contribution in [0, 0.1) is 0 Å². The molecule has 2 aromatic heterocycles. The summed E-state index contributed by atoms with van der Waals surface area (Å²) in [5, 5.41) is 1.97. The van der Waals surface area contributed by atoms with Crippen LogP contribution in [0.4, 0.5) is 0 Å². The second kappa shape index (κ2) is 7.57. The van der Waals surface area contributed by atoms with Gasteiger partial charge in [0.2, 0.25) is 11.8 Å². The minimum absolute atomic E-state index is 0.0101. The van der Waals surface area contributed by atoms with Crippen LogP contribution < -0.4 is 0 Å². The zero-order chi connectivity index (χ0) is 16.9. The lowest BCUT2D eigenvalue weighted by molar-refractivity contribution is -0.143. The minimum Gasteiger partial charge on any atom is -0.340 e. The van der Waals surface area contributed by atoms with Crippen LogP contribution in [-0.4, -0.2) is 46.2 Å². The van der Waals surface area contributed by atoms with E-state index < -0.39 is 0 Å². The van der Waals surface area contributed by atoms with Crippen molar-refractivity contribution in [2.75, 3.05) is 13.6 Å². The number of thiophene rings is 1. The van der Waals surface area contributed by atoms with Crippen LogP contribution in [0.5, 0.6) is 0 Å². The standard InChI is InChI=1S/C18H21N3O2S/c1-20(13-14-5-2-8-19-12-14)18(23)16-7-3-9-21(16)17(22)11-15-6-4-10-24-15/h2,4-6,8,10,12,16H,3,7,9,11,13H2,1H3/t16-/m0/s1. The molecule has 1 atom stereocenters. The number of likely N-dealkylation sites (tertiary alicyclic amines) is 1. The van der Waals surface area contributed by atoms with E-state index in [9.17, 15) is 9.59 Å². The summed E-state index contributed by atoms with van der Waals surface area (Å²) in [5.41, 5.74) is 0.989. The Morgan fingerprint density at radius 3 is 2.96 bits per heavy atom. The summed E-state index contributed by atoms with van der Waals surface area (Å²) in [7, 11) is 1.79. The van der Waals surface area contributed by atoms with E-state index in [1.807, 2.05) is 29.6 Å². The highest BCUT2D eigenvalue weighted by Gasteiger charge is 2.35. The van der Waals surface area contributed by atoms with E-state index in [1.54, 1.807) is 40.6 Å². The van der Waals surface area contributed by atoms with E-state index in [0.29, 0.717) is 19.5 Å². The molecule has 2 aromatic rings. The van der Waals surface area contributed by atoms with Crippen molar-refractivity contribution >= 4 is 23.2 Å². The summed E-state index contributed by atoms with van der Waals surface area (Å²) in [4.78, 5) is 33.9. The van der Waals surface area contributed by atoms with Gasteiger partial charge in [-0.1, -0.05) is 12.1 Å². The summed E-state index contributed by atoms with van der Waals surface area (Å²) in [5.74, 6) is 0.0546. The highest BCUT2D eigenvalue weighted by molar-refractivity contribution is 7.10. The van der Waals surface area contributed by atoms with Crippen molar-refractivity contribution in [2.24, 2.45) is 0 Å². The Bertz CT molecular complexity index is 688. The summed E-state index contributed by atoms with van der Waals surface area (Å²) in [6, 6.07) is 7.38. The average Bonchev–Trinajstić information content (AvgIpc) is 3.26. The first kappa shape index (κ1) is 16.6. The molecule has 0 radical (unpaired) electrons. The molecule has 5 nitrogen and oxygen atoms in total. The Labute approximate surface area is 145 Å². The Balaban J connectivity index is 1.63. The number of hydrogen-bond donors (Lipinski definition) is 0. The fourth-order valence-electron chi connectivity index (χ4n) is 3.08. The monoisotopic (exact) mass is 343 g/mol. The van der Waals surface area contributed by atoms with Gasteiger partial charge in [-0.25, -0.2) is 0 Å². The summed E-state index contributed by atoms with van der Waals surface area (Å²) >= 11 is 1.58. The molecule has 3 rings (SSSR count). The number of pyridine rings is 1. The SMILES string of the molecule is CN(Cc1cccnc1)C(=O)[C@@H]1CCCN1C(=O)Cc1cccs1. The molecule has 0 spiro atoms. The molecule has 1 saturated heterocycles. The van der Waals surface area contributed by atoms with Crippen molar-refractivity contribution in [2.45, 2.75) is 31.8 Å². The van der Waals surface area contributed by atoms with Gasteiger partial charge in [0.05, 0.1) is 6.42 Å². The number of rotatable bonds is 5. The van der Waals surface area contributed by atoms with Gasteiger partial charge in [0.1, 0.15) is 6.04 Å². The van der Waals surface area contributed by atoms with E-state index in [-0.39, 0.29) is 17.9 Å². The maximum absolute atomic E-state index is 12.8. The normalized spacial score (nSPS) is 17.0. The molecule has 0 bridgehead atoms. The van der Waals surface area contributed by atoms with Gasteiger partial charge in [0.15, 0.2) is 0 Å². The largest absolute Gasteiger partial charge is 0.340 e. The maximum Gasteiger partial charge on any atom is 0.245 e. The van der Waals surface area contributed by atoms with Gasteiger partial charge >= 0.3 is 0 Å². The molecule has 2 amide bonds. The van der Waals surface area contributed by atoms with E-state index >= 15 is 0 Å². The van der Waals surface area contributed by atoms with Gasteiger partial charge in [-0.05, 0) is 35.9 Å². The number of carbonyl (C=O) groups is 2. The zero-order valence-electron chi connectivity index (χ0n) is 13.7. The van der Waals surface area contributed by atoms with Gasteiger partial charge in [0.25, 0.3) is 0 Å². The average molecular weight is 343 g/mol. The molecule has 0 unspecified atom stereocenters. The van der Waals surface area contributed by atoms with Crippen LogP contribution in [0.3, 0.4) is 0 Å². The zero-order valence-corrected chi connectivity index (χ0v) is 14.5. The number of nitrogens with zero attached hydrogens (tertiary/aromatic N) is 3. The third-order valence-electron chi connectivity index (χ3n) is 4.28. The fourth-order valence-corrected chi connectivity index (χ4v) is 3.78. The number of aromatic nitrogens is 1. The van der Waals surface area contributed by atoms with Gasteiger partial charge in [0, 0.05) is 37.4 Å². The first-order valence-electron chi connectivity index (χ1n) is 8.11. The van der Waals surface area contributed by atoms with Gasteiger partial charge in [-0.2, -0.15) is 0 Å². The van der Waals surface area contributed by atoms with Crippen LogP contribution in [0.15, 0.2) is 42.0 Å². The second-order valence-electron chi connectivity index (χ2n) is 6.06. The first-order valence-corrected chi connectivity index (χ1v) is 8.99. The molecular weight excluding hydrogens is 322 g/mol. The lowest BCUT2D eigenvalue weighted by atomic mass is 10.1. The van der Waals surface area contributed by atoms with Gasteiger partial charge in [-0.15, -0.1) is 11.3 Å². The predicted molar refractivity (Wildman–Crippen MR) is 93.5 cm³/mol. The number of amides is 2.